The second-order valence-corrected chi connectivity index (χ2v) is 6.33. The Balaban J connectivity index is 2.13. The highest BCUT2D eigenvalue weighted by Gasteiger charge is 2.26. The van der Waals surface area contributed by atoms with Crippen molar-refractivity contribution in [1.82, 2.24) is 5.32 Å². The molecule has 27 heavy (non-hydrogen) atoms. The fourth-order valence-corrected chi connectivity index (χ4v) is 2.52. The average molecular weight is 369 g/mol. The van der Waals surface area contributed by atoms with Gasteiger partial charge < -0.3 is 21.1 Å². The van der Waals surface area contributed by atoms with E-state index >= 15 is 0 Å². The molecule has 142 valence electrons. The van der Waals surface area contributed by atoms with Crippen LogP contribution in [0.4, 0.5) is 5.69 Å². The van der Waals surface area contributed by atoms with E-state index < -0.39 is 17.9 Å². The second kappa shape index (κ2) is 8.84. The first-order valence-electron chi connectivity index (χ1n) is 8.48. The van der Waals surface area contributed by atoms with Crippen LogP contribution in [-0.2, 0) is 4.79 Å². The third-order valence-corrected chi connectivity index (χ3v) is 4.02. The molecule has 0 saturated heterocycles. The number of carbonyl (C=O) groups is 3. The molecule has 2 aromatic rings. The van der Waals surface area contributed by atoms with E-state index in [1.165, 1.54) is 19.2 Å². The number of anilines is 1. The lowest BCUT2D eigenvalue weighted by molar-refractivity contribution is -0.118. The number of nitrogens with one attached hydrogen (secondary N) is 2. The number of rotatable bonds is 7. The van der Waals surface area contributed by atoms with Crippen molar-refractivity contribution in [2.45, 2.75) is 19.9 Å². The molecule has 0 heterocycles. The summed E-state index contributed by atoms with van der Waals surface area (Å²) in [7, 11) is 1.48. The Morgan fingerprint density at radius 1 is 1.00 bits per heavy atom. The molecule has 0 spiro atoms. The minimum atomic E-state index is -0.752. The zero-order valence-electron chi connectivity index (χ0n) is 15.5. The zero-order chi connectivity index (χ0) is 20.0. The molecule has 7 heteroatoms. The van der Waals surface area contributed by atoms with Crippen molar-refractivity contribution in [3.05, 3.63) is 59.7 Å². The first-order chi connectivity index (χ1) is 12.8. The van der Waals surface area contributed by atoms with Crippen LogP contribution in [0.15, 0.2) is 48.5 Å². The van der Waals surface area contributed by atoms with E-state index in [4.69, 9.17) is 10.5 Å². The summed E-state index contributed by atoms with van der Waals surface area (Å²) in [5.41, 5.74) is 6.40. The van der Waals surface area contributed by atoms with Crippen LogP contribution in [0.5, 0.6) is 5.75 Å². The first kappa shape index (κ1) is 20.0. The number of carbonyl (C=O) groups excluding carboxylic acids is 3. The summed E-state index contributed by atoms with van der Waals surface area (Å²) < 4.78 is 5.20. The maximum atomic E-state index is 12.6. The molecule has 0 saturated carbocycles. The van der Waals surface area contributed by atoms with Gasteiger partial charge in [-0.05, 0) is 42.3 Å². The van der Waals surface area contributed by atoms with E-state index in [2.05, 4.69) is 10.6 Å². The van der Waals surface area contributed by atoms with Gasteiger partial charge in [0.2, 0.25) is 11.8 Å². The van der Waals surface area contributed by atoms with Gasteiger partial charge in [-0.3, -0.25) is 14.4 Å². The molecule has 0 aromatic heterocycles. The summed E-state index contributed by atoms with van der Waals surface area (Å²) in [6.07, 6.45) is 0. The molecule has 0 aliphatic heterocycles. The quantitative estimate of drug-likeness (QED) is 0.695. The lowest BCUT2D eigenvalue weighted by Gasteiger charge is -2.22. The van der Waals surface area contributed by atoms with Crippen LogP contribution in [0.1, 0.15) is 34.6 Å². The van der Waals surface area contributed by atoms with Crippen LogP contribution in [0, 0.1) is 5.92 Å². The van der Waals surface area contributed by atoms with Crippen LogP contribution < -0.4 is 21.1 Å². The summed E-state index contributed by atoms with van der Waals surface area (Å²) >= 11 is 0. The van der Waals surface area contributed by atoms with Gasteiger partial charge in [0.15, 0.2) is 0 Å². The fourth-order valence-electron chi connectivity index (χ4n) is 2.52. The Kier molecular flexibility index (Phi) is 6.54. The maximum absolute atomic E-state index is 12.6. The molecule has 2 aromatic carbocycles. The smallest absolute Gasteiger partial charge is 0.255 e. The topological polar surface area (TPSA) is 111 Å². The van der Waals surface area contributed by atoms with E-state index in [1.807, 2.05) is 13.8 Å². The lowest BCUT2D eigenvalue weighted by atomic mass is 10.0. The molecule has 0 bridgehead atoms. The highest BCUT2D eigenvalue weighted by Crippen LogP contribution is 2.18. The van der Waals surface area contributed by atoms with Crippen LogP contribution >= 0.6 is 0 Å². The Morgan fingerprint density at radius 2 is 1.63 bits per heavy atom. The minimum absolute atomic E-state index is 0.145. The average Bonchev–Trinajstić information content (AvgIpc) is 2.65. The fraction of sp³-hybridized carbons (Fsp3) is 0.250. The SMILES string of the molecule is COc1ccccc1C(=O)N[C@H](C(=O)Nc1ccc(C(N)=O)cc1)C(C)C. The molecule has 2 rings (SSSR count). The van der Waals surface area contributed by atoms with E-state index in [1.54, 1.807) is 36.4 Å². The van der Waals surface area contributed by atoms with Crippen molar-refractivity contribution in [2.75, 3.05) is 12.4 Å². The minimum Gasteiger partial charge on any atom is -0.496 e. The molecular weight excluding hydrogens is 346 g/mol. The van der Waals surface area contributed by atoms with Gasteiger partial charge in [0.05, 0.1) is 12.7 Å². The van der Waals surface area contributed by atoms with Crippen LogP contribution in [0.25, 0.3) is 0 Å². The number of amides is 3. The molecule has 4 N–H and O–H groups in total. The van der Waals surface area contributed by atoms with Crippen LogP contribution in [0.3, 0.4) is 0 Å². The normalized spacial score (nSPS) is 11.6. The summed E-state index contributed by atoms with van der Waals surface area (Å²) in [6, 6.07) is 12.3. The highest BCUT2D eigenvalue weighted by atomic mass is 16.5. The number of nitrogens with two attached hydrogens (primary N) is 1. The molecule has 3 amide bonds. The van der Waals surface area contributed by atoms with Crippen LogP contribution in [-0.4, -0.2) is 30.9 Å². The lowest BCUT2D eigenvalue weighted by Crippen LogP contribution is -2.47. The van der Waals surface area contributed by atoms with Crippen molar-refractivity contribution in [3.8, 4) is 5.75 Å². The zero-order valence-corrected chi connectivity index (χ0v) is 15.5. The molecule has 7 nitrogen and oxygen atoms in total. The number of hydrogen-bond acceptors (Lipinski definition) is 4. The Hall–Kier alpha value is -3.35. The van der Waals surface area contributed by atoms with E-state index in [-0.39, 0.29) is 11.8 Å². The molecule has 0 unspecified atom stereocenters. The second-order valence-electron chi connectivity index (χ2n) is 6.33. The van der Waals surface area contributed by atoms with Gasteiger partial charge in [-0.2, -0.15) is 0 Å². The van der Waals surface area contributed by atoms with E-state index in [0.29, 0.717) is 22.6 Å². The third-order valence-electron chi connectivity index (χ3n) is 4.02. The summed E-state index contributed by atoms with van der Waals surface area (Å²) in [6.45, 7) is 3.67. The number of benzene rings is 2. The molecule has 0 radical (unpaired) electrons. The highest BCUT2D eigenvalue weighted by molar-refractivity contribution is 6.02. The summed E-state index contributed by atoms with van der Waals surface area (Å²) in [5, 5.41) is 5.49. The van der Waals surface area contributed by atoms with E-state index in [9.17, 15) is 14.4 Å². The molecular formula is C20H23N3O4. The number of primary amides is 1. The first-order valence-corrected chi connectivity index (χ1v) is 8.48. The van der Waals surface area contributed by atoms with Gasteiger partial charge in [0, 0.05) is 11.3 Å². The number of methoxy groups -OCH3 is 1. The standard InChI is InChI=1S/C20H23N3O4/c1-12(2)17(23-19(25)15-6-4-5-7-16(15)27-3)20(26)22-14-10-8-13(9-11-14)18(21)24/h4-12,17H,1-3H3,(H2,21,24)(H,22,26)(H,23,25)/t17-/m0/s1. The van der Waals surface area contributed by atoms with Crippen molar-refractivity contribution in [2.24, 2.45) is 11.7 Å². The van der Waals surface area contributed by atoms with Crippen molar-refractivity contribution >= 4 is 23.4 Å². The van der Waals surface area contributed by atoms with Gasteiger partial charge in [0.25, 0.3) is 5.91 Å². The number of para-hydroxylation sites is 1. The monoisotopic (exact) mass is 369 g/mol. The molecule has 0 aliphatic rings. The van der Waals surface area contributed by atoms with Crippen molar-refractivity contribution < 1.29 is 19.1 Å². The largest absolute Gasteiger partial charge is 0.496 e. The Bertz CT molecular complexity index is 831. The number of hydrogen-bond donors (Lipinski definition) is 3. The predicted molar refractivity (Wildman–Crippen MR) is 103 cm³/mol. The molecule has 0 aliphatic carbocycles. The maximum Gasteiger partial charge on any atom is 0.255 e. The Labute approximate surface area is 157 Å². The van der Waals surface area contributed by atoms with Gasteiger partial charge in [-0.25, -0.2) is 0 Å². The van der Waals surface area contributed by atoms with Crippen LogP contribution in [0.2, 0.25) is 0 Å². The molecule has 0 fully saturated rings. The summed E-state index contributed by atoms with van der Waals surface area (Å²) in [5.74, 6) is -1.02. The van der Waals surface area contributed by atoms with Gasteiger partial charge in [-0.15, -0.1) is 0 Å². The third kappa shape index (κ3) is 5.07. The van der Waals surface area contributed by atoms with Gasteiger partial charge in [0.1, 0.15) is 11.8 Å². The predicted octanol–water partition coefficient (Wildman–Crippen LogP) is 2.19. The van der Waals surface area contributed by atoms with Crippen molar-refractivity contribution in [3.63, 3.8) is 0 Å². The van der Waals surface area contributed by atoms with E-state index in [0.717, 1.165) is 0 Å². The van der Waals surface area contributed by atoms with Gasteiger partial charge in [-0.1, -0.05) is 26.0 Å². The van der Waals surface area contributed by atoms with Gasteiger partial charge >= 0.3 is 0 Å². The molecule has 1 atom stereocenters. The number of ether oxygens (including phenoxy) is 1. The Morgan fingerprint density at radius 3 is 2.19 bits per heavy atom. The van der Waals surface area contributed by atoms with Crippen molar-refractivity contribution in [1.29, 1.82) is 0 Å². The summed E-state index contributed by atoms with van der Waals surface area (Å²) in [4.78, 5) is 36.4.